The van der Waals surface area contributed by atoms with Crippen LogP contribution in [0.1, 0.15) is 75.6 Å². The molecule has 1 aliphatic heterocycles. The Morgan fingerprint density at radius 3 is 2.65 bits per heavy atom. The number of nitrogens with two attached hydrogens (primary N) is 1. The van der Waals surface area contributed by atoms with Crippen LogP contribution in [-0.2, 0) is 9.53 Å². The minimum absolute atomic E-state index is 0.0377. The number of nitrogens with one attached hydrogen (secondary N) is 1. The van der Waals surface area contributed by atoms with Crippen molar-refractivity contribution in [3.8, 4) is 0 Å². The minimum atomic E-state index is -0.255. The lowest BCUT2D eigenvalue weighted by Crippen LogP contribution is -2.62. The topological polar surface area (TPSA) is 81.4 Å². The first-order valence-electron chi connectivity index (χ1n) is 11.9. The molecule has 5 rings (SSSR count). The lowest BCUT2D eigenvalue weighted by atomic mass is 9.48. The zero-order valence-corrected chi connectivity index (χ0v) is 18.7. The number of carbonyl (C=O) groups excluding carboxylic acids is 2. The van der Waals surface area contributed by atoms with Crippen LogP contribution in [0.5, 0.6) is 0 Å². The Morgan fingerprint density at radius 1 is 1.10 bits per heavy atom. The monoisotopic (exact) mass is 422 g/mol. The van der Waals surface area contributed by atoms with Gasteiger partial charge < -0.3 is 15.8 Å². The van der Waals surface area contributed by atoms with Crippen molar-refractivity contribution in [2.45, 2.75) is 76.9 Å². The second-order valence-electron chi connectivity index (χ2n) is 10.7. The first-order valence-corrected chi connectivity index (χ1v) is 11.9. The number of amides is 1. The average Bonchev–Trinajstić information content (AvgIpc) is 2.73. The Hall–Kier alpha value is -2.30. The van der Waals surface area contributed by atoms with Gasteiger partial charge in [0.05, 0.1) is 5.56 Å². The number of hydrogen-bond donors (Lipinski definition) is 2. The van der Waals surface area contributed by atoms with E-state index < -0.39 is 0 Å². The molecule has 0 bridgehead atoms. The molecule has 3 N–H and O–H groups in total. The van der Waals surface area contributed by atoms with E-state index in [2.05, 4.69) is 25.2 Å². The lowest BCUT2D eigenvalue weighted by molar-refractivity contribution is -0.131. The molecule has 5 heteroatoms. The molecule has 31 heavy (non-hydrogen) atoms. The third kappa shape index (κ3) is 3.46. The maximum Gasteiger partial charge on any atom is 0.338 e. The molecule has 3 aliphatic carbocycles. The van der Waals surface area contributed by atoms with Crippen molar-refractivity contribution >= 4 is 17.6 Å². The lowest BCUT2D eigenvalue weighted by Gasteiger charge is -2.59. The zero-order valence-electron chi connectivity index (χ0n) is 18.7. The predicted molar refractivity (Wildman–Crippen MR) is 120 cm³/mol. The van der Waals surface area contributed by atoms with Crippen LogP contribution in [0.2, 0.25) is 0 Å². The first kappa shape index (κ1) is 20.6. The second-order valence-corrected chi connectivity index (χ2v) is 10.7. The van der Waals surface area contributed by atoms with Crippen molar-refractivity contribution in [2.24, 2.45) is 23.2 Å². The van der Waals surface area contributed by atoms with Crippen LogP contribution >= 0.6 is 0 Å². The smallest absolute Gasteiger partial charge is 0.338 e. The van der Waals surface area contributed by atoms with Gasteiger partial charge in [-0.15, -0.1) is 0 Å². The van der Waals surface area contributed by atoms with E-state index in [1.165, 1.54) is 12.0 Å². The van der Waals surface area contributed by atoms with Gasteiger partial charge >= 0.3 is 5.97 Å². The summed E-state index contributed by atoms with van der Waals surface area (Å²) in [6.07, 6.45) is 10.2. The Labute approximate surface area is 184 Å². The molecule has 3 unspecified atom stereocenters. The number of esters is 1. The summed E-state index contributed by atoms with van der Waals surface area (Å²) in [7, 11) is 0. The van der Waals surface area contributed by atoms with Crippen LogP contribution in [-0.4, -0.2) is 23.5 Å². The van der Waals surface area contributed by atoms with Crippen LogP contribution in [0.3, 0.4) is 0 Å². The highest BCUT2D eigenvalue weighted by molar-refractivity contribution is 5.89. The molecule has 0 radical (unpaired) electrons. The molecule has 3 fully saturated rings. The van der Waals surface area contributed by atoms with Crippen molar-refractivity contribution < 1.29 is 14.3 Å². The number of ether oxygens (including phenoxy) is 1. The Bertz CT molecular complexity index is 923. The van der Waals surface area contributed by atoms with Gasteiger partial charge in [0.2, 0.25) is 5.91 Å². The van der Waals surface area contributed by atoms with Gasteiger partial charge in [0, 0.05) is 24.1 Å². The number of carbonyl (C=O) groups is 2. The zero-order chi connectivity index (χ0) is 21.8. The van der Waals surface area contributed by atoms with Gasteiger partial charge in [0.25, 0.3) is 0 Å². The maximum atomic E-state index is 12.6. The van der Waals surface area contributed by atoms with E-state index in [4.69, 9.17) is 10.5 Å². The van der Waals surface area contributed by atoms with Crippen molar-refractivity contribution in [1.29, 1.82) is 0 Å². The minimum Gasteiger partial charge on any atom is -0.458 e. The Morgan fingerprint density at radius 2 is 1.87 bits per heavy atom. The fraction of sp³-hybridized carbons (Fsp3) is 0.615. The summed E-state index contributed by atoms with van der Waals surface area (Å²) in [5.74, 6) is 1.84. The number of anilines is 1. The Balaban J connectivity index is 1.31. The molecule has 4 aliphatic rings. The largest absolute Gasteiger partial charge is 0.458 e. The number of allylic oxidation sites excluding steroid dienone is 1. The summed E-state index contributed by atoms with van der Waals surface area (Å²) in [5, 5.41) is 3.33. The third-order valence-corrected chi connectivity index (χ3v) is 8.98. The maximum absolute atomic E-state index is 12.6. The fourth-order valence-electron chi connectivity index (χ4n) is 7.24. The van der Waals surface area contributed by atoms with E-state index in [9.17, 15) is 9.59 Å². The van der Waals surface area contributed by atoms with Gasteiger partial charge in [0.15, 0.2) is 0 Å². The third-order valence-electron chi connectivity index (χ3n) is 8.98. The number of fused-ring (bicyclic) bond motifs is 5. The van der Waals surface area contributed by atoms with Gasteiger partial charge in [-0.2, -0.15) is 0 Å². The van der Waals surface area contributed by atoms with E-state index in [0.29, 0.717) is 35.4 Å². The predicted octanol–water partition coefficient (Wildman–Crippen LogP) is 4.63. The van der Waals surface area contributed by atoms with Gasteiger partial charge in [0.1, 0.15) is 6.10 Å². The van der Waals surface area contributed by atoms with Crippen LogP contribution in [0.4, 0.5) is 5.69 Å². The SMILES string of the molecule is C[C@]12CC[C@H](OC(=O)c3ccc(N)cc3)CC1=CCC1C2CC[C@]2(C)NC(=O)CCC12. The van der Waals surface area contributed by atoms with Crippen LogP contribution in [0.25, 0.3) is 0 Å². The molecule has 0 spiro atoms. The molecule has 1 amide bonds. The van der Waals surface area contributed by atoms with E-state index in [0.717, 1.165) is 38.5 Å². The summed E-state index contributed by atoms with van der Waals surface area (Å²) in [5.41, 5.74) is 8.57. The van der Waals surface area contributed by atoms with Gasteiger partial charge in [-0.3, -0.25) is 4.79 Å². The molecule has 166 valence electrons. The summed E-state index contributed by atoms with van der Waals surface area (Å²) in [6, 6.07) is 6.94. The van der Waals surface area contributed by atoms with Crippen molar-refractivity contribution in [3.63, 3.8) is 0 Å². The molecule has 1 aromatic rings. The second kappa shape index (κ2) is 7.39. The van der Waals surface area contributed by atoms with Crippen LogP contribution < -0.4 is 11.1 Å². The molecule has 0 aromatic heterocycles. The van der Waals surface area contributed by atoms with Crippen molar-refractivity contribution in [3.05, 3.63) is 41.5 Å². The number of hydrogen-bond acceptors (Lipinski definition) is 4. The molecule has 6 atom stereocenters. The molecule has 2 saturated carbocycles. The van der Waals surface area contributed by atoms with Gasteiger partial charge in [-0.05, 0) is 92.9 Å². The molecular weight excluding hydrogens is 388 g/mol. The molecule has 5 nitrogen and oxygen atoms in total. The van der Waals surface area contributed by atoms with Crippen LogP contribution in [0.15, 0.2) is 35.9 Å². The first-order chi connectivity index (χ1) is 14.8. The van der Waals surface area contributed by atoms with Gasteiger partial charge in [-0.1, -0.05) is 18.6 Å². The Kier molecular flexibility index (Phi) is 4.91. The van der Waals surface area contributed by atoms with E-state index >= 15 is 0 Å². The number of nitrogen functional groups attached to an aromatic ring is 1. The molecule has 1 heterocycles. The summed E-state index contributed by atoms with van der Waals surface area (Å²) in [6.45, 7) is 4.71. The normalized spacial score (nSPS) is 39.3. The molecule has 1 aromatic carbocycles. The number of benzene rings is 1. The highest BCUT2D eigenvalue weighted by Crippen LogP contribution is 2.60. The summed E-state index contributed by atoms with van der Waals surface area (Å²) >= 11 is 0. The average molecular weight is 423 g/mol. The van der Waals surface area contributed by atoms with Crippen molar-refractivity contribution in [2.75, 3.05) is 5.73 Å². The molecular formula is C26H34N2O3. The van der Waals surface area contributed by atoms with E-state index in [1.807, 2.05) is 0 Å². The van der Waals surface area contributed by atoms with Crippen LogP contribution in [0, 0.1) is 23.2 Å². The number of rotatable bonds is 2. The standard InChI is InChI=1S/C26H34N2O3/c1-25-13-11-19(31-24(30)16-3-6-18(27)7-4-16)15-17(25)5-8-20-21(25)12-14-26(2)22(20)9-10-23(29)28-26/h3-7,19-22H,8-15,27H2,1-2H3,(H,28,29)/t19-,20?,21?,22?,25-,26-/m0/s1. The fourth-order valence-corrected chi connectivity index (χ4v) is 7.24. The number of piperidine rings is 1. The quantitative estimate of drug-likeness (QED) is 0.414. The highest BCUT2D eigenvalue weighted by atomic mass is 16.5. The van der Waals surface area contributed by atoms with Crippen molar-refractivity contribution in [1.82, 2.24) is 5.32 Å². The van der Waals surface area contributed by atoms with E-state index in [1.54, 1.807) is 24.3 Å². The summed E-state index contributed by atoms with van der Waals surface area (Å²) in [4.78, 5) is 24.6. The molecule has 1 saturated heterocycles. The van der Waals surface area contributed by atoms with E-state index in [-0.39, 0.29) is 28.9 Å². The highest BCUT2D eigenvalue weighted by Gasteiger charge is 2.56. The summed E-state index contributed by atoms with van der Waals surface area (Å²) < 4.78 is 5.89. The van der Waals surface area contributed by atoms with Gasteiger partial charge in [-0.25, -0.2) is 4.79 Å².